The van der Waals surface area contributed by atoms with Crippen molar-refractivity contribution in [2.75, 3.05) is 0 Å². The monoisotopic (exact) mass is 206 g/mol. The van der Waals surface area contributed by atoms with Crippen LogP contribution < -0.4 is 5.73 Å². The number of hydrogen-bond acceptors (Lipinski definition) is 3. The standard InChI is InChI=1S/C10H11FN4/c1-7(12)8-2-3-10(13-4-8)15-6-9(11)5-14-15/h2-7H,12H2,1H3/t7-/m0/s1. The molecule has 2 rings (SSSR count). The summed E-state index contributed by atoms with van der Waals surface area (Å²) >= 11 is 0. The van der Waals surface area contributed by atoms with Crippen molar-refractivity contribution in [3.05, 3.63) is 42.1 Å². The molecule has 2 heterocycles. The van der Waals surface area contributed by atoms with Gasteiger partial charge < -0.3 is 5.73 Å². The molecule has 0 aliphatic carbocycles. The first-order valence-corrected chi connectivity index (χ1v) is 4.59. The molecule has 15 heavy (non-hydrogen) atoms. The molecule has 0 amide bonds. The zero-order chi connectivity index (χ0) is 10.8. The summed E-state index contributed by atoms with van der Waals surface area (Å²) in [6, 6.07) is 3.55. The Balaban J connectivity index is 2.31. The van der Waals surface area contributed by atoms with E-state index in [2.05, 4.69) is 10.1 Å². The lowest BCUT2D eigenvalue weighted by atomic mass is 10.2. The van der Waals surface area contributed by atoms with E-state index >= 15 is 0 Å². The highest BCUT2D eigenvalue weighted by Crippen LogP contribution is 2.10. The molecule has 2 N–H and O–H groups in total. The first-order chi connectivity index (χ1) is 7.16. The molecular weight excluding hydrogens is 195 g/mol. The van der Waals surface area contributed by atoms with Crippen LogP contribution in [0.25, 0.3) is 5.82 Å². The van der Waals surface area contributed by atoms with Crippen molar-refractivity contribution in [2.24, 2.45) is 5.73 Å². The number of halogens is 1. The van der Waals surface area contributed by atoms with Gasteiger partial charge in [0.1, 0.15) is 0 Å². The Kier molecular flexibility index (Phi) is 2.47. The highest BCUT2D eigenvalue weighted by Gasteiger charge is 2.03. The molecule has 0 saturated heterocycles. The zero-order valence-electron chi connectivity index (χ0n) is 8.26. The van der Waals surface area contributed by atoms with Gasteiger partial charge in [-0.05, 0) is 18.6 Å². The van der Waals surface area contributed by atoms with Gasteiger partial charge in [0.2, 0.25) is 0 Å². The second-order valence-electron chi connectivity index (χ2n) is 3.34. The van der Waals surface area contributed by atoms with Crippen molar-refractivity contribution >= 4 is 0 Å². The van der Waals surface area contributed by atoms with Crippen LogP contribution in [-0.2, 0) is 0 Å². The predicted molar refractivity (Wildman–Crippen MR) is 53.9 cm³/mol. The van der Waals surface area contributed by atoms with Gasteiger partial charge in [-0.1, -0.05) is 6.07 Å². The molecule has 0 aromatic carbocycles. The van der Waals surface area contributed by atoms with E-state index in [1.165, 1.54) is 10.9 Å². The third-order valence-corrected chi connectivity index (χ3v) is 2.08. The lowest BCUT2D eigenvalue weighted by Gasteiger charge is -2.05. The van der Waals surface area contributed by atoms with E-state index in [1.54, 1.807) is 12.3 Å². The van der Waals surface area contributed by atoms with Crippen LogP contribution in [0.1, 0.15) is 18.5 Å². The van der Waals surface area contributed by atoms with Gasteiger partial charge >= 0.3 is 0 Å². The molecule has 1 atom stereocenters. The fraction of sp³-hybridized carbons (Fsp3) is 0.200. The summed E-state index contributed by atoms with van der Waals surface area (Å²) in [5.74, 6) is 0.191. The Bertz CT molecular complexity index is 447. The summed E-state index contributed by atoms with van der Waals surface area (Å²) in [4.78, 5) is 4.14. The topological polar surface area (TPSA) is 56.7 Å². The first-order valence-electron chi connectivity index (χ1n) is 4.59. The molecule has 0 unspecified atom stereocenters. The van der Waals surface area contributed by atoms with E-state index in [0.717, 1.165) is 11.8 Å². The van der Waals surface area contributed by atoms with Crippen molar-refractivity contribution in [3.8, 4) is 5.82 Å². The highest BCUT2D eigenvalue weighted by molar-refractivity contribution is 5.25. The van der Waals surface area contributed by atoms with Crippen molar-refractivity contribution < 1.29 is 4.39 Å². The van der Waals surface area contributed by atoms with Gasteiger partial charge in [0.05, 0.1) is 12.4 Å². The molecular formula is C10H11FN4. The van der Waals surface area contributed by atoms with Crippen LogP contribution in [0, 0.1) is 5.82 Å². The molecule has 4 nitrogen and oxygen atoms in total. The van der Waals surface area contributed by atoms with E-state index in [9.17, 15) is 4.39 Å². The Morgan fingerprint density at radius 1 is 1.40 bits per heavy atom. The molecule has 5 heteroatoms. The van der Waals surface area contributed by atoms with Gasteiger partial charge in [-0.15, -0.1) is 0 Å². The van der Waals surface area contributed by atoms with Gasteiger partial charge in [-0.2, -0.15) is 5.10 Å². The highest BCUT2D eigenvalue weighted by atomic mass is 19.1. The maximum absolute atomic E-state index is 12.7. The van der Waals surface area contributed by atoms with E-state index in [4.69, 9.17) is 5.73 Å². The maximum Gasteiger partial charge on any atom is 0.161 e. The second-order valence-corrected chi connectivity index (χ2v) is 3.34. The van der Waals surface area contributed by atoms with Crippen molar-refractivity contribution in [3.63, 3.8) is 0 Å². The molecule has 0 aliphatic rings. The van der Waals surface area contributed by atoms with E-state index < -0.39 is 0 Å². The summed E-state index contributed by atoms with van der Waals surface area (Å²) in [7, 11) is 0. The van der Waals surface area contributed by atoms with E-state index in [0.29, 0.717) is 5.82 Å². The summed E-state index contributed by atoms with van der Waals surface area (Å²) in [6.45, 7) is 1.88. The van der Waals surface area contributed by atoms with Crippen LogP contribution in [0.4, 0.5) is 4.39 Å². The quantitative estimate of drug-likeness (QED) is 0.808. The number of rotatable bonds is 2. The number of nitrogens with two attached hydrogens (primary N) is 1. The number of nitrogens with zero attached hydrogens (tertiary/aromatic N) is 3. The van der Waals surface area contributed by atoms with E-state index in [-0.39, 0.29) is 11.9 Å². The van der Waals surface area contributed by atoms with Crippen LogP contribution in [0.5, 0.6) is 0 Å². The van der Waals surface area contributed by atoms with Gasteiger partial charge in [0, 0.05) is 12.2 Å². The van der Waals surface area contributed by atoms with Crippen LogP contribution in [-0.4, -0.2) is 14.8 Å². The molecule has 0 aliphatic heterocycles. The average Bonchev–Trinajstić information content (AvgIpc) is 2.65. The smallest absolute Gasteiger partial charge is 0.161 e. The number of aromatic nitrogens is 3. The molecule has 0 spiro atoms. The minimum absolute atomic E-state index is 0.0547. The predicted octanol–water partition coefficient (Wildman–Crippen LogP) is 1.43. The van der Waals surface area contributed by atoms with Crippen LogP contribution in [0.3, 0.4) is 0 Å². The van der Waals surface area contributed by atoms with Gasteiger partial charge in [-0.25, -0.2) is 14.1 Å². The lowest BCUT2D eigenvalue weighted by molar-refractivity contribution is 0.627. The molecule has 78 valence electrons. The van der Waals surface area contributed by atoms with Crippen molar-refractivity contribution in [2.45, 2.75) is 13.0 Å². The number of hydrogen-bond donors (Lipinski definition) is 1. The zero-order valence-corrected chi connectivity index (χ0v) is 8.26. The third-order valence-electron chi connectivity index (χ3n) is 2.08. The van der Waals surface area contributed by atoms with Crippen molar-refractivity contribution in [1.82, 2.24) is 14.8 Å². The van der Waals surface area contributed by atoms with Gasteiger partial charge in [0.15, 0.2) is 11.6 Å². The summed E-state index contributed by atoms with van der Waals surface area (Å²) < 4.78 is 14.1. The fourth-order valence-electron chi connectivity index (χ4n) is 1.23. The van der Waals surface area contributed by atoms with Crippen LogP contribution in [0.2, 0.25) is 0 Å². The number of pyridine rings is 1. The summed E-state index contributed by atoms with van der Waals surface area (Å²) in [5.41, 5.74) is 6.62. The molecule has 2 aromatic rings. The Morgan fingerprint density at radius 2 is 2.20 bits per heavy atom. The van der Waals surface area contributed by atoms with E-state index in [1.807, 2.05) is 13.0 Å². The van der Waals surface area contributed by atoms with Crippen LogP contribution in [0.15, 0.2) is 30.7 Å². The largest absolute Gasteiger partial charge is 0.324 e. The molecule has 2 aromatic heterocycles. The molecule has 0 bridgehead atoms. The van der Waals surface area contributed by atoms with Crippen molar-refractivity contribution in [1.29, 1.82) is 0 Å². The van der Waals surface area contributed by atoms with Gasteiger partial charge in [0.25, 0.3) is 0 Å². The molecule has 0 saturated carbocycles. The van der Waals surface area contributed by atoms with Gasteiger partial charge in [-0.3, -0.25) is 0 Å². The normalized spacial score (nSPS) is 12.7. The first kappa shape index (κ1) is 9.79. The Labute approximate surface area is 86.6 Å². The minimum atomic E-state index is -0.381. The Morgan fingerprint density at radius 3 is 2.67 bits per heavy atom. The second kappa shape index (κ2) is 3.78. The average molecular weight is 206 g/mol. The summed E-state index contributed by atoms with van der Waals surface area (Å²) in [6.07, 6.45) is 4.08. The SMILES string of the molecule is C[C@H](N)c1ccc(-n2cc(F)cn2)nc1. The molecule has 0 fully saturated rings. The van der Waals surface area contributed by atoms with Crippen LogP contribution >= 0.6 is 0 Å². The molecule has 0 radical (unpaired) electrons. The maximum atomic E-state index is 12.7. The lowest BCUT2D eigenvalue weighted by Crippen LogP contribution is -2.06. The fourth-order valence-corrected chi connectivity index (χ4v) is 1.23. The summed E-state index contributed by atoms with van der Waals surface area (Å²) in [5, 5.41) is 3.81. The Hall–Kier alpha value is -1.75. The third kappa shape index (κ3) is 2.02. The minimum Gasteiger partial charge on any atom is -0.324 e.